The Bertz CT molecular complexity index is 319. The lowest BCUT2D eigenvalue weighted by molar-refractivity contribution is -0.138. The van der Waals surface area contributed by atoms with Gasteiger partial charge in [-0.1, -0.05) is 12.2 Å². The number of carbonyl (C=O) groups is 2. The molecule has 0 aliphatic heterocycles. The van der Waals surface area contributed by atoms with E-state index in [-0.39, 0.29) is 19.1 Å². The average molecular weight is 300 g/mol. The van der Waals surface area contributed by atoms with Gasteiger partial charge in [-0.15, -0.1) is 0 Å². The van der Waals surface area contributed by atoms with Gasteiger partial charge in [0.25, 0.3) is 0 Å². The van der Waals surface area contributed by atoms with Crippen LogP contribution in [-0.4, -0.2) is 59.8 Å². The van der Waals surface area contributed by atoms with E-state index in [1.54, 1.807) is 4.90 Å². The third-order valence-electron chi connectivity index (χ3n) is 3.00. The summed E-state index contributed by atoms with van der Waals surface area (Å²) >= 11 is 0. The van der Waals surface area contributed by atoms with Crippen LogP contribution in [0.5, 0.6) is 0 Å². The van der Waals surface area contributed by atoms with Gasteiger partial charge in [0.2, 0.25) is 5.91 Å². The number of aliphatic carboxylic acids is 1. The third kappa shape index (κ3) is 13.3. The first-order chi connectivity index (χ1) is 10.1. The Kier molecular flexibility index (Phi) is 12.7. The number of nitrogens with zero attached hydrogens (tertiary/aromatic N) is 1. The van der Waals surface area contributed by atoms with Gasteiger partial charge >= 0.3 is 5.97 Å². The molecule has 0 aromatic carbocycles. The highest BCUT2D eigenvalue weighted by Crippen LogP contribution is 2.00. The second-order valence-electron chi connectivity index (χ2n) is 4.91. The molecule has 0 aromatic rings. The maximum atomic E-state index is 11.6. The van der Waals surface area contributed by atoms with Gasteiger partial charge in [-0.2, -0.15) is 0 Å². The summed E-state index contributed by atoms with van der Waals surface area (Å²) in [5, 5.41) is 20.4. The Morgan fingerprint density at radius 3 is 2.57 bits per heavy atom. The van der Waals surface area contributed by atoms with E-state index in [1.807, 2.05) is 13.0 Å². The Morgan fingerprint density at radius 2 is 1.95 bits per heavy atom. The number of aliphatic hydroxyl groups is 1. The second-order valence-corrected chi connectivity index (χ2v) is 4.91. The van der Waals surface area contributed by atoms with Crippen molar-refractivity contribution >= 4 is 11.9 Å². The monoisotopic (exact) mass is 300 g/mol. The van der Waals surface area contributed by atoms with E-state index < -0.39 is 5.97 Å². The highest BCUT2D eigenvalue weighted by atomic mass is 16.4. The van der Waals surface area contributed by atoms with Crippen LogP contribution in [0.15, 0.2) is 12.2 Å². The van der Waals surface area contributed by atoms with Crippen molar-refractivity contribution in [3.63, 3.8) is 0 Å². The SMILES string of the molecule is C/C=C/CCCCC(=O)NCCN(CCCO)CC(=O)O. The number of carbonyl (C=O) groups excluding carboxylic acids is 1. The second kappa shape index (κ2) is 13.6. The van der Waals surface area contributed by atoms with Gasteiger partial charge in [-0.3, -0.25) is 14.5 Å². The van der Waals surface area contributed by atoms with E-state index in [4.69, 9.17) is 10.2 Å². The van der Waals surface area contributed by atoms with Gasteiger partial charge in [-0.05, 0) is 32.6 Å². The zero-order valence-corrected chi connectivity index (χ0v) is 12.9. The molecule has 1 amide bonds. The number of carboxylic acids is 1. The summed E-state index contributed by atoms with van der Waals surface area (Å²) in [5.41, 5.74) is 0. The van der Waals surface area contributed by atoms with Crippen molar-refractivity contribution in [3.05, 3.63) is 12.2 Å². The summed E-state index contributed by atoms with van der Waals surface area (Å²) in [6.45, 7) is 3.38. The summed E-state index contributed by atoms with van der Waals surface area (Å²) in [7, 11) is 0. The number of amides is 1. The predicted octanol–water partition coefficient (Wildman–Crippen LogP) is 1.01. The lowest BCUT2D eigenvalue weighted by Crippen LogP contribution is -2.38. The highest BCUT2D eigenvalue weighted by Gasteiger charge is 2.09. The lowest BCUT2D eigenvalue weighted by atomic mass is 10.2. The minimum Gasteiger partial charge on any atom is -0.480 e. The molecule has 21 heavy (non-hydrogen) atoms. The predicted molar refractivity (Wildman–Crippen MR) is 82.1 cm³/mol. The van der Waals surface area contributed by atoms with Gasteiger partial charge in [0, 0.05) is 32.7 Å². The molecule has 0 heterocycles. The molecule has 0 saturated carbocycles. The van der Waals surface area contributed by atoms with Crippen LogP contribution >= 0.6 is 0 Å². The Labute approximate surface area is 126 Å². The van der Waals surface area contributed by atoms with Gasteiger partial charge < -0.3 is 15.5 Å². The molecule has 0 aliphatic carbocycles. The van der Waals surface area contributed by atoms with Crippen LogP contribution in [0.2, 0.25) is 0 Å². The van der Waals surface area contributed by atoms with Crippen LogP contribution in [0.1, 0.15) is 39.0 Å². The molecule has 3 N–H and O–H groups in total. The number of rotatable bonds is 13. The molecular weight excluding hydrogens is 272 g/mol. The van der Waals surface area contributed by atoms with E-state index in [1.165, 1.54) is 0 Å². The first kappa shape index (κ1) is 19.6. The van der Waals surface area contributed by atoms with E-state index in [0.717, 1.165) is 19.3 Å². The molecular formula is C15H28N2O4. The van der Waals surface area contributed by atoms with E-state index in [9.17, 15) is 9.59 Å². The normalized spacial score (nSPS) is 11.2. The summed E-state index contributed by atoms with van der Waals surface area (Å²) in [5.74, 6) is -0.892. The maximum Gasteiger partial charge on any atom is 0.317 e. The van der Waals surface area contributed by atoms with Crippen LogP contribution in [0, 0.1) is 0 Å². The van der Waals surface area contributed by atoms with Crippen molar-refractivity contribution in [1.82, 2.24) is 10.2 Å². The van der Waals surface area contributed by atoms with Gasteiger partial charge in [-0.25, -0.2) is 0 Å². The molecule has 0 radical (unpaired) electrons. The molecule has 0 aromatic heterocycles. The molecule has 0 rings (SSSR count). The number of aliphatic hydroxyl groups excluding tert-OH is 1. The fourth-order valence-electron chi connectivity index (χ4n) is 1.91. The largest absolute Gasteiger partial charge is 0.480 e. The number of carboxylic acid groups (broad SMARTS) is 1. The molecule has 0 atom stereocenters. The fraction of sp³-hybridized carbons (Fsp3) is 0.733. The van der Waals surface area contributed by atoms with Crippen molar-refractivity contribution in [2.45, 2.75) is 39.0 Å². The molecule has 6 nitrogen and oxygen atoms in total. The van der Waals surface area contributed by atoms with Crippen LogP contribution in [0.3, 0.4) is 0 Å². The molecule has 0 aliphatic rings. The number of hydrogen-bond acceptors (Lipinski definition) is 4. The molecule has 0 unspecified atom stereocenters. The third-order valence-corrected chi connectivity index (χ3v) is 3.00. The minimum absolute atomic E-state index is 0.00733. The van der Waals surface area contributed by atoms with Crippen LogP contribution in [0.4, 0.5) is 0 Å². The lowest BCUT2D eigenvalue weighted by Gasteiger charge is -2.19. The average Bonchev–Trinajstić information content (AvgIpc) is 2.43. The van der Waals surface area contributed by atoms with Crippen molar-refractivity contribution < 1.29 is 19.8 Å². The standard InChI is InChI=1S/C15H28N2O4/c1-2-3-4-5-6-8-14(19)16-9-11-17(10-7-12-18)13-15(20)21/h2-3,18H,4-13H2,1H3,(H,16,19)(H,20,21)/b3-2+. The highest BCUT2D eigenvalue weighted by molar-refractivity contribution is 5.75. The zero-order chi connectivity index (χ0) is 15.9. The molecule has 6 heteroatoms. The Balaban J connectivity index is 3.75. The van der Waals surface area contributed by atoms with Gasteiger partial charge in [0.1, 0.15) is 0 Å². The van der Waals surface area contributed by atoms with Crippen LogP contribution in [-0.2, 0) is 9.59 Å². The topological polar surface area (TPSA) is 89.9 Å². The molecule has 0 bridgehead atoms. The first-order valence-corrected chi connectivity index (χ1v) is 7.53. The van der Waals surface area contributed by atoms with Crippen molar-refractivity contribution in [1.29, 1.82) is 0 Å². The number of nitrogens with one attached hydrogen (secondary N) is 1. The quantitative estimate of drug-likeness (QED) is 0.349. The number of unbranched alkanes of at least 4 members (excludes halogenated alkanes) is 2. The summed E-state index contributed by atoms with van der Waals surface area (Å²) in [6, 6.07) is 0. The summed E-state index contributed by atoms with van der Waals surface area (Å²) < 4.78 is 0. The molecule has 122 valence electrons. The van der Waals surface area contributed by atoms with E-state index in [2.05, 4.69) is 11.4 Å². The van der Waals surface area contributed by atoms with E-state index in [0.29, 0.717) is 32.5 Å². The smallest absolute Gasteiger partial charge is 0.317 e. The van der Waals surface area contributed by atoms with Crippen molar-refractivity contribution in [2.24, 2.45) is 0 Å². The first-order valence-electron chi connectivity index (χ1n) is 7.53. The Morgan fingerprint density at radius 1 is 1.19 bits per heavy atom. The fourth-order valence-corrected chi connectivity index (χ4v) is 1.91. The summed E-state index contributed by atoms with van der Waals surface area (Å²) in [4.78, 5) is 24.0. The Hall–Kier alpha value is -1.40. The summed E-state index contributed by atoms with van der Waals surface area (Å²) in [6.07, 6.45) is 7.99. The molecule has 0 saturated heterocycles. The van der Waals surface area contributed by atoms with Gasteiger partial charge in [0.05, 0.1) is 6.54 Å². The van der Waals surface area contributed by atoms with E-state index >= 15 is 0 Å². The minimum atomic E-state index is -0.900. The number of allylic oxidation sites excluding steroid dienone is 2. The van der Waals surface area contributed by atoms with Crippen molar-refractivity contribution in [3.8, 4) is 0 Å². The zero-order valence-electron chi connectivity index (χ0n) is 12.9. The molecule has 0 fully saturated rings. The number of hydrogen-bond donors (Lipinski definition) is 3. The van der Waals surface area contributed by atoms with Crippen LogP contribution < -0.4 is 5.32 Å². The molecule has 0 spiro atoms. The van der Waals surface area contributed by atoms with Gasteiger partial charge in [0.15, 0.2) is 0 Å². The van der Waals surface area contributed by atoms with Crippen molar-refractivity contribution in [2.75, 3.05) is 32.8 Å². The maximum absolute atomic E-state index is 11.6. The van der Waals surface area contributed by atoms with Crippen LogP contribution in [0.25, 0.3) is 0 Å².